The summed E-state index contributed by atoms with van der Waals surface area (Å²) in [5, 5.41) is 4.54. The molecule has 0 bridgehead atoms. The van der Waals surface area contributed by atoms with E-state index in [-0.39, 0.29) is 0 Å². The first kappa shape index (κ1) is 24.1. The molecule has 8 aromatic rings. The van der Waals surface area contributed by atoms with E-state index in [0.29, 0.717) is 0 Å². The third-order valence-electron chi connectivity index (χ3n) is 7.85. The maximum absolute atomic E-state index is 5.12. The molecule has 0 aliphatic carbocycles. The van der Waals surface area contributed by atoms with E-state index in [0.717, 1.165) is 61.1 Å². The summed E-state index contributed by atoms with van der Waals surface area (Å²) in [4.78, 5) is 19.1. The summed E-state index contributed by atoms with van der Waals surface area (Å²) >= 11 is 0. The molecule has 0 unspecified atom stereocenters. The van der Waals surface area contributed by atoms with Crippen molar-refractivity contribution in [1.29, 1.82) is 0 Å². The van der Waals surface area contributed by atoms with Crippen LogP contribution in [-0.2, 0) is 0 Å². The topological polar surface area (TPSA) is 51.6 Å². The molecule has 0 aliphatic rings. The number of benzene rings is 5. The molecule has 8 rings (SSSR count). The van der Waals surface area contributed by atoms with Crippen molar-refractivity contribution in [3.8, 4) is 44.9 Å². The molecule has 5 aromatic carbocycles. The summed E-state index contributed by atoms with van der Waals surface area (Å²) in [6.45, 7) is 0. The number of nitrogens with zero attached hydrogens (tertiary/aromatic N) is 4. The second-order valence-corrected chi connectivity index (χ2v) is 10.3. The Morgan fingerprint density at radius 2 is 0.952 bits per heavy atom. The van der Waals surface area contributed by atoms with Gasteiger partial charge in [0.05, 0.1) is 40.5 Å². The molecule has 4 heteroatoms. The van der Waals surface area contributed by atoms with Crippen LogP contribution < -0.4 is 0 Å². The van der Waals surface area contributed by atoms with Crippen molar-refractivity contribution in [1.82, 2.24) is 19.9 Å². The van der Waals surface area contributed by atoms with E-state index in [9.17, 15) is 0 Å². The molecule has 0 radical (unpaired) electrons. The minimum Gasteiger partial charge on any atom is -0.254 e. The lowest BCUT2D eigenvalue weighted by Gasteiger charge is -2.13. The molecule has 0 saturated heterocycles. The van der Waals surface area contributed by atoms with Crippen LogP contribution in [0.4, 0.5) is 0 Å². The maximum Gasteiger partial charge on any atom is 0.0972 e. The predicted octanol–water partition coefficient (Wildman–Crippen LogP) is 9.39. The SMILES string of the molecule is c1ccc(-c2cnc(-c3ccc(-c4ccc(-c5ccc6ccc7cccnc7c6n5)c5ccccc45)cc3)cn2)cc1. The van der Waals surface area contributed by atoms with Gasteiger partial charge < -0.3 is 0 Å². The zero-order valence-electron chi connectivity index (χ0n) is 22.6. The highest BCUT2D eigenvalue weighted by Gasteiger charge is 2.13. The molecular formula is C38H24N4. The van der Waals surface area contributed by atoms with Crippen molar-refractivity contribution < 1.29 is 0 Å². The monoisotopic (exact) mass is 536 g/mol. The fraction of sp³-hybridized carbons (Fsp3) is 0. The van der Waals surface area contributed by atoms with Gasteiger partial charge in [0.25, 0.3) is 0 Å². The standard InChI is InChI=1S/C38H24N4/c1-2-7-26(8-3-1)35-23-41-36(24-40-35)27-14-12-25(13-15-27)30-19-20-33(32-11-5-4-10-31(30)32)34-21-18-29-17-16-28-9-6-22-39-37(28)38(29)42-34/h1-24H. The average molecular weight is 537 g/mol. The average Bonchev–Trinajstić information content (AvgIpc) is 3.08. The zero-order chi connectivity index (χ0) is 27.9. The molecule has 0 saturated carbocycles. The molecular weight excluding hydrogens is 512 g/mol. The van der Waals surface area contributed by atoms with E-state index in [1.54, 1.807) is 0 Å². The number of pyridine rings is 2. The zero-order valence-corrected chi connectivity index (χ0v) is 22.6. The first-order chi connectivity index (χ1) is 20.8. The first-order valence-electron chi connectivity index (χ1n) is 14.0. The Bertz CT molecular complexity index is 2220. The summed E-state index contributed by atoms with van der Waals surface area (Å²) in [7, 11) is 0. The molecule has 4 nitrogen and oxygen atoms in total. The molecule has 3 aromatic heterocycles. The Balaban J connectivity index is 1.17. The van der Waals surface area contributed by atoms with Crippen molar-refractivity contribution in [3.05, 3.63) is 146 Å². The molecule has 0 N–H and O–H groups in total. The van der Waals surface area contributed by atoms with Crippen molar-refractivity contribution in [2.24, 2.45) is 0 Å². The van der Waals surface area contributed by atoms with Crippen LogP contribution >= 0.6 is 0 Å². The minimum atomic E-state index is 0.853. The summed E-state index contributed by atoms with van der Waals surface area (Å²) in [5.74, 6) is 0. The van der Waals surface area contributed by atoms with Crippen molar-refractivity contribution >= 4 is 32.6 Å². The third kappa shape index (κ3) is 4.18. The second kappa shape index (κ2) is 10.0. The Morgan fingerprint density at radius 3 is 1.69 bits per heavy atom. The van der Waals surface area contributed by atoms with Crippen molar-refractivity contribution in [3.63, 3.8) is 0 Å². The first-order valence-corrected chi connectivity index (χ1v) is 14.0. The van der Waals surface area contributed by atoms with E-state index in [1.807, 2.05) is 55.0 Å². The van der Waals surface area contributed by atoms with Gasteiger partial charge in [0.15, 0.2) is 0 Å². The fourth-order valence-electron chi connectivity index (χ4n) is 5.70. The van der Waals surface area contributed by atoms with Gasteiger partial charge in [0, 0.05) is 33.7 Å². The van der Waals surface area contributed by atoms with Gasteiger partial charge in [0.2, 0.25) is 0 Å². The van der Waals surface area contributed by atoms with E-state index in [4.69, 9.17) is 4.98 Å². The van der Waals surface area contributed by atoms with Crippen LogP contribution in [-0.4, -0.2) is 19.9 Å². The van der Waals surface area contributed by atoms with Crippen LogP contribution in [0.3, 0.4) is 0 Å². The van der Waals surface area contributed by atoms with Crippen molar-refractivity contribution in [2.45, 2.75) is 0 Å². The lowest BCUT2D eigenvalue weighted by Crippen LogP contribution is -1.91. The summed E-state index contributed by atoms with van der Waals surface area (Å²) in [6.07, 6.45) is 5.51. The van der Waals surface area contributed by atoms with Crippen LogP contribution in [0.1, 0.15) is 0 Å². The molecule has 0 aliphatic heterocycles. The van der Waals surface area contributed by atoms with Gasteiger partial charge in [0.1, 0.15) is 0 Å². The highest BCUT2D eigenvalue weighted by atomic mass is 14.8. The van der Waals surface area contributed by atoms with Gasteiger partial charge in [-0.15, -0.1) is 0 Å². The lowest BCUT2D eigenvalue weighted by atomic mass is 9.93. The van der Waals surface area contributed by atoms with Gasteiger partial charge in [-0.3, -0.25) is 15.0 Å². The van der Waals surface area contributed by atoms with Crippen LogP contribution in [0, 0.1) is 0 Å². The maximum atomic E-state index is 5.12. The van der Waals surface area contributed by atoms with Gasteiger partial charge >= 0.3 is 0 Å². The van der Waals surface area contributed by atoms with Crippen LogP contribution in [0.25, 0.3) is 77.5 Å². The Hall–Kier alpha value is -5.74. The van der Waals surface area contributed by atoms with E-state index in [2.05, 4.69) is 106 Å². The van der Waals surface area contributed by atoms with Gasteiger partial charge in [-0.2, -0.15) is 0 Å². The van der Waals surface area contributed by atoms with Crippen LogP contribution in [0.2, 0.25) is 0 Å². The second-order valence-electron chi connectivity index (χ2n) is 10.3. The minimum absolute atomic E-state index is 0.853. The molecule has 0 spiro atoms. The molecule has 42 heavy (non-hydrogen) atoms. The van der Waals surface area contributed by atoms with Crippen molar-refractivity contribution in [2.75, 3.05) is 0 Å². The van der Waals surface area contributed by atoms with Crippen LogP contribution in [0.5, 0.6) is 0 Å². The number of hydrogen-bond acceptors (Lipinski definition) is 4. The number of aromatic nitrogens is 4. The Kier molecular flexibility index (Phi) is 5.75. The fourth-order valence-corrected chi connectivity index (χ4v) is 5.70. The highest BCUT2D eigenvalue weighted by molar-refractivity contribution is 6.07. The molecule has 0 fully saturated rings. The largest absolute Gasteiger partial charge is 0.254 e. The molecule has 196 valence electrons. The van der Waals surface area contributed by atoms with E-state index >= 15 is 0 Å². The van der Waals surface area contributed by atoms with Gasteiger partial charge in [-0.25, -0.2) is 4.98 Å². The predicted molar refractivity (Wildman–Crippen MR) is 172 cm³/mol. The number of hydrogen-bond donors (Lipinski definition) is 0. The summed E-state index contributed by atoms with van der Waals surface area (Å²) < 4.78 is 0. The number of rotatable bonds is 4. The summed E-state index contributed by atoms with van der Waals surface area (Å²) in [6, 6.07) is 44.1. The third-order valence-corrected chi connectivity index (χ3v) is 7.85. The molecule has 3 heterocycles. The van der Waals surface area contributed by atoms with E-state index < -0.39 is 0 Å². The van der Waals surface area contributed by atoms with Gasteiger partial charge in [-0.05, 0) is 34.0 Å². The highest BCUT2D eigenvalue weighted by Crippen LogP contribution is 2.36. The summed E-state index contributed by atoms with van der Waals surface area (Å²) in [5.41, 5.74) is 10.0. The Morgan fingerprint density at radius 1 is 0.357 bits per heavy atom. The Labute approximate surface area is 243 Å². The van der Waals surface area contributed by atoms with Crippen LogP contribution in [0.15, 0.2) is 146 Å². The quantitative estimate of drug-likeness (QED) is 0.210. The smallest absolute Gasteiger partial charge is 0.0972 e. The lowest BCUT2D eigenvalue weighted by molar-refractivity contribution is 1.21. The normalized spacial score (nSPS) is 11.3. The molecule has 0 atom stereocenters. The van der Waals surface area contributed by atoms with E-state index in [1.165, 1.54) is 16.3 Å². The molecule has 0 amide bonds. The van der Waals surface area contributed by atoms with Gasteiger partial charge in [-0.1, -0.05) is 115 Å². The number of fused-ring (bicyclic) bond motifs is 4.